The number of aliphatic hydroxyl groups excluding tert-OH is 1. The van der Waals surface area contributed by atoms with Gasteiger partial charge >= 0.3 is 0 Å². The lowest BCUT2D eigenvalue weighted by Gasteiger charge is -2.19. The molecule has 0 aliphatic carbocycles. The smallest absolute Gasteiger partial charge is 0.261 e. The van der Waals surface area contributed by atoms with Gasteiger partial charge in [0, 0.05) is 18.0 Å². The summed E-state index contributed by atoms with van der Waals surface area (Å²) in [5.41, 5.74) is 4.30. The number of fused-ring (bicyclic) bond motifs is 1. The van der Waals surface area contributed by atoms with Crippen LogP contribution < -0.4 is 14.4 Å². The lowest BCUT2D eigenvalue weighted by atomic mass is 10.0. The van der Waals surface area contributed by atoms with Crippen LogP contribution in [0.4, 0.5) is 5.69 Å². The summed E-state index contributed by atoms with van der Waals surface area (Å²) in [6.45, 7) is 5.90. The van der Waals surface area contributed by atoms with Gasteiger partial charge in [-0.15, -0.1) is 0 Å². The summed E-state index contributed by atoms with van der Waals surface area (Å²) in [7, 11) is 3.09. The standard InChI is InChI=1S/C22H25N5O4/c1-12-6-17(15-7-18(30-4)21(31-5)23-8-15)25-20-14(3)27(22(29)19(12)20)16-9-24-26(11-16)10-13(2)28/h6-9,11,13-14,28H,10H2,1-5H3/t13-,14-/m1/s1. The number of pyridine rings is 2. The molecule has 1 aliphatic heterocycles. The van der Waals surface area contributed by atoms with Crippen molar-refractivity contribution in [3.63, 3.8) is 0 Å². The number of aryl methyl sites for hydroxylation is 1. The van der Waals surface area contributed by atoms with Gasteiger partial charge in [-0.2, -0.15) is 5.10 Å². The summed E-state index contributed by atoms with van der Waals surface area (Å²) >= 11 is 0. The minimum Gasteiger partial charge on any atom is -0.491 e. The number of ether oxygens (including phenoxy) is 2. The van der Waals surface area contributed by atoms with Crippen molar-refractivity contribution in [2.24, 2.45) is 0 Å². The number of amides is 1. The van der Waals surface area contributed by atoms with Gasteiger partial charge in [0.25, 0.3) is 11.8 Å². The Morgan fingerprint density at radius 3 is 2.68 bits per heavy atom. The number of nitrogens with zero attached hydrogens (tertiary/aromatic N) is 5. The van der Waals surface area contributed by atoms with Crippen molar-refractivity contribution in [2.75, 3.05) is 19.1 Å². The number of carbonyl (C=O) groups is 1. The Labute approximate surface area is 180 Å². The summed E-state index contributed by atoms with van der Waals surface area (Å²) < 4.78 is 12.2. The number of hydrogen-bond acceptors (Lipinski definition) is 7. The van der Waals surface area contributed by atoms with Gasteiger partial charge in [0.2, 0.25) is 0 Å². The lowest BCUT2D eigenvalue weighted by molar-refractivity contribution is 0.0992. The minimum absolute atomic E-state index is 0.110. The van der Waals surface area contributed by atoms with Crippen LogP contribution in [0.3, 0.4) is 0 Å². The number of aromatic nitrogens is 4. The van der Waals surface area contributed by atoms with Crippen molar-refractivity contribution < 1.29 is 19.4 Å². The highest BCUT2D eigenvalue weighted by atomic mass is 16.5. The first-order valence-electron chi connectivity index (χ1n) is 9.98. The maximum Gasteiger partial charge on any atom is 0.261 e. The highest BCUT2D eigenvalue weighted by Crippen LogP contribution is 2.39. The summed E-state index contributed by atoms with van der Waals surface area (Å²) in [6, 6.07) is 3.44. The molecule has 0 radical (unpaired) electrons. The van der Waals surface area contributed by atoms with Crippen molar-refractivity contribution in [3.05, 3.63) is 47.5 Å². The zero-order chi connectivity index (χ0) is 22.3. The second kappa shape index (κ2) is 7.99. The third kappa shape index (κ3) is 3.61. The molecule has 0 bridgehead atoms. The van der Waals surface area contributed by atoms with Crippen LogP contribution in [0.15, 0.2) is 30.7 Å². The van der Waals surface area contributed by atoms with E-state index in [2.05, 4.69) is 10.1 Å². The zero-order valence-corrected chi connectivity index (χ0v) is 18.2. The highest BCUT2D eigenvalue weighted by Gasteiger charge is 2.38. The predicted octanol–water partition coefficient (Wildman–Crippen LogP) is 2.77. The number of carbonyl (C=O) groups excluding carboxylic acids is 1. The molecule has 0 unspecified atom stereocenters. The molecule has 0 saturated carbocycles. The van der Waals surface area contributed by atoms with E-state index in [0.29, 0.717) is 40.8 Å². The van der Waals surface area contributed by atoms with Crippen LogP contribution in [0, 0.1) is 6.92 Å². The third-order valence-electron chi connectivity index (χ3n) is 5.34. The lowest BCUT2D eigenvalue weighted by Crippen LogP contribution is -2.26. The van der Waals surface area contributed by atoms with Crippen LogP contribution in [0.25, 0.3) is 11.3 Å². The molecule has 0 fully saturated rings. The Kier molecular flexibility index (Phi) is 5.36. The van der Waals surface area contributed by atoms with Crippen molar-refractivity contribution in [2.45, 2.75) is 39.5 Å². The number of rotatable bonds is 6. The van der Waals surface area contributed by atoms with Gasteiger partial charge in [-0.1, -0.05) is 0 Å². The van der Waals surface area contributed by atoms with E-state index in [1.807, 2.05) is 26.0 Å². The number of hydrogen-bond donors (Lipinski definition) is 1. The van der Waals surface area contributed by atoms with Crippen molar-refractivity contribution in [1.82, 2.24) is 19.7 Å². The topological polar surface area (TPSA) is 103 Å². The molecule has 1 amide bonds. The van der Waals surface area contributed by atoms with Crippen LogP contribution in [0.5, 0.6) is 11.6 Å². The molecule has 1 aliphatic rings. The Morgan fingerprint density at radius 1 is 1.23 bits per heavy atom. The molecular formula is C22H25N5O4. The Morgan fingerprint density at radius 2 is 2.00 bits per heavy atom. The van der Waals surface area contributed by atoms with Gasteiger partial charge in [-0.3, -0.25) is 14.4 Å². The average Bonchev–Trinajstić information content (AvgIpc) is 3.28. The fourth-order valence-corrected chi connectivity index (χ4v) is 3.90. The molecule has 0 saturated heterocycles. The minimum atomic E-state index is -0.529. The van der Waals surface area contributed by atoms with E-state index in [1.54, 1.807) is 42.2 Å². The van der Waals surface area contributed by atoms with E-state index < -0.39 is 6.10 Å². The van der Waals surface area contributed by atoms with E-state index in [9.17, 15) is 9.90 Å². The number of aliphatic hydroxyl groups is 1. The second-order valence-corrected chi connectivity index (χ2v) is 7.64. The van der Waals surface area contributed by atoms with E-state index in [1.165, 1.54) is 7.11 Å². The highest BCUT2D eigenvalue weighted by molar-refractivity contribution is 6.11. The van der Waals surface area contributed by atoms with Gasteiger partial charge in [-0.05, 0) is 38.5 Å². The first kappa shape index (κ1) is 20.8. The van der Waals surface area contributed by atoms with Gasteiger partial charge in [-0.25, -0.2) is 9.97 Å². The van der Waals surface area contributed by atoms with Crippen LogP contribution >= 0.6 is 0 Å². The fraction of sp³-hybridized carbons (Fsp3) is 0.364. The molecule has 0 aromatic carbocycles. The van der Waals surface area contributed by atoms with Crippen LogP contribution in [-0.4, -0.2) is 51.1 Å². The van der Waals surface area contributed by atoms with Gasteiger partial charge in [0.15, 0.2) is 5.75 Å². The van der Waals surface area contributed by atoms with E-state index in [-0.39, 0.29) is 11.9 Å². The molecule has 2 atom stereocenters. The van der Waals surface area contributed by atoms with Crippen LogP contribution in [0.1, 0.15) is 41.5 Å². The maximum atomic E-state index is 13.2. The fourth-order valence-electron chi connectivity index (χ4n) is 3.90. The molecule has 4 rings (SSSR count). The molecular weight excluding hydrogens is 398 g/mol. The average molecular weight is 423 g/mol. The maximum absolute atomic E-state index is 13.2. The van der Waals surface area contributed by atoms with Gasteiger partial charge in [0.05, 0.1) is 61.7 Å². The molecule has 0 spiro atoms. The van der Waals surface area contributed by atoms with Crippen molar-refractivity contribution in [1.29, 1.82) is 0 Å². The Bertz CT molecular complexity index is 1140. The number of methoxy groups -OCH3 is 2. The second-order valence-electron chi connectivity index (χ2n) is 7.64. The van der Waals surface area contributed by atoms with E-state index in [4.69, 9.17) is 14.5 Å². The van der Waals surface area contributed by atoms with Gasteiger partial charge in [0.1, 0.15) is 0 Å². The van der Waals surface area contributed by atoms with Crippen molar-refractivity contribution in [3.8, 4) is 22.9 Å². The normalized spacial score (nSPS) is 16.4. The summed E-state index contributed by atoms with van der Waals surface area (Å²) in [5.74, 6) is 0.797. The molecule has 1 N–H and O–H groups in total. The largest absolute Gasteiger partial charge is 0.491 e. The predicted molar refractivity (Wildman–Crippen MR) is 114 cm³/mol. The molecule has 3 aromatic heterocycles. The van der Waals surface area contributed by atoms with Crippen molar-refractivity contribution >= 4 is 11.6 Å². The number of anilines is 1. The molecule has 31 heavy (non-hydrogen) atoms. The Balaban J connectivity index is 1.72. The van der Waals surface area contributed by atoms with E-state index >= 15 is 0 Å². The summed E-state index contributed by atoms with van der Waals surface area (Å²) in [5, 5.41) is 13.9. The first-order chi connectivity index (χ1) is 14.8. The molecule has 9 nitrogen and oxygen atoms in total. The monoisotopic (exact) mass is 423 g/mol. The van der Waals surface area contributed by atoms with Crippen LogP contribution in [0.2, 0.25) is 0 Å². The van der Waals surface area contributed by atoms with Crippen LogP contribution in [-0.2, 0) is 6.54 Å². The first-order valence-corrected chi connectivity index (χ1v) is 9.98. The Hall–Kier alpha value is -3.46. The molecule has 3 aromatic rings. The quantitative estimate of drug-likeness (QED) is 0.650. The van der Waals surface area contributed by atoms with Gasteiger partial charge < -0.3 is 14.6 Å². The summed E-state index contributed by atoms with van der Waals surface area (Å²) in [6.07, 6.45) is 4.55. The zero-order valence-electron chi connectivity index (χ0n) is 18.2. The van der Waals surface area contributed by atoms with E-state index in [0.717, 1.165) is 11.1 Å². The summed E-state index contributed by atoms with van der Waals surface area (Å²) in [4.78, 5) is 24.0. The SMILES string of the molecule is COc1cc(-c2cc(C)c3c(n2)[C@@H](C)N(c2cnn(C[C@@H](C)O)c2)C3=O)cnc1OC. The third-order valence-corrected chi connectivity index (χ3v) is 5.34. The molecule has 162 valence electrons. The molecule has 4 heterocycles. The molecule has 9 heteroatoms.